The zero-order valence-corrected chi connectivity index (χ0v) is 15.9. The van der Waals surface area contributed by atoms with E-state index >= 15 is 0 Å². The molecular weight excluding hydrogens is 384 g/mol. The lowest BCUT2D eigenvalue weighted by atomic mass is 10.0. The molecule has 0 saturated heterocycles. The van der Waals surface area contributed by atoms with Crippen molar-refractivity contribution in [2.24, 2.45) is 0 Å². The lowest BCUT2D eigenvalue weighted by molar-refractivity contribution is -0.383. The zero-order chi connectivity index (χ0) is 20.3. The Kier molecular flexibility index (Phi) is 5.65. The number of nitrogens with one attached hydrogen (secondary N) is 1. The second-order valence-electron chi connectivity index (χ2n) is 6.39. The van der Waals surface area contributed by atoms with E-state index in [-0.39, 0.29) is 22.9 Å². The van der Waals surface area contributed by atoms with Gasteiger partial charge in [0.15, 0.2) is 0 Å². The first-order valence-corrected chi connectivity index (χ1v) is 8.83. The molecule has 0 spiro atoms. The molecule has 3 aromatic rings. The van der Waals surface area contributed by atoms with Crippen molar-refractivity contribution >= 4 is 28.9 Å². The Hall–Kier alpha value is -3.33. The van der Waals surface area contributed by atoms with Crippen LogP contribution in [0.5, 0.6) is 0 Å². The summed E-state index contributed by atoms with van der Waals surface area (Å²) in [4.78, 5) is 23.8. The number of halogens is 1. The molecule has 1 amide bonds. The lowest BCUT2D eigenvalue weighted by Gasteiger charge is -2.06. The van der Waals surface area contributed by atoms with Crippen molar-refractivity contribution in [1.29, 1.82) is 0 Å². The van der Waals surface area contributed by atoms with Gasteiger partial charge in [-0.1, -0.05) is 49.7 Å². The molecule has 0 unspecified atom stereocenters. The summed E-state index contributed by atoms with van der Waals surface area (Å²) in [6.45, 7) is 3.97. The smallest absolute Gasteiger partial charge is 0.294 e. The van der Waals surface area contributed by atoms with E-state index in [0.29, 0.717) is 11.7 Å². The van der Waals surface area contributed by atoms with Crippen LogP contribution in [0.1, 0.15) is 25.3 Å². The summed E-state index contributed by atoms with van der Waals surface area (Å²) < 4.78 is 0. The van der Waals surface area contributed by atoms with Gasteiger partial charge in [-0.25, -0.2) is 0 Å². The SMILES string of the molecule is CC(C)c1ccc(-c2nnn(CC(=O)Nc3ccc(Cl)cc3[N+](=O)[O-])n2)cc1. The summed E-state index contributed by atoms with van der Waals surface area (Å²) in [5, 5.41) is 25.8. The van der Waals surface area contributed by atoms with E-state index in [0.717, 1.165) is 10.4 Å². The predicted molar refractivity (Wildman–Crippen MR) is 104 cm³/mol. The number of hydrogen-bond donors (Lipinski definition) is 1. The van der Waals surface area contributed by atoms with Crippen molar-refractivity contribution in [2.75, 3.05) is 5.32 Å². The predicted octanol–water partition coefficient (Wildman–Crippen LogP) is 3.66. The average Bonchev–Trinajstić information content (AvgIpc) is 3.11. The number of carbonyl (C=O) groups excluding carboxylic acids is 1. The maximum Gasteiger partial charge on any atom is 0.294 e. The number of anilines is 1. The van der Waals surface area contributed by atoms with E-state index in [1.54, 1.807) is 0 Å². The van der Waals surface area contributed by atoms with E-state index in [2.05, 4.69) is 34.6 Å². The highest BCUT2D eigenvalue weighted by atomic mass is 35.5. The fourth-order valence-electron chi connectivity index (χ4n) is 2.52. The third-order valence-corrected chi connectivity index (χ3v) is 4.24. The molecule has 2 aromatic carbocycles. The molecule has 0 radical (unpaired) electrons. The molecule has 0 bridgehead atoms. The third kappa shape index (κ3) is 4.49. The Morgan fingerprint density at radius 2 is 1.96 bits per heavy atom. The highest BCUT2D eigenvalue weighted by Crippen LogP contribution is 2.27. The van der Waals surface area contributed by atoms with Crippen LogP contribution < -0.4 is 5.32 Å². The van der Waals surface area contributed by atoms with Crippen molar-refractivity contribution in [1.82, 2.24) is 20.2 Å². The first-order valence-electron chi connectivity index (χ1n) is 8.45. The summed E-state index contributed by atoms with van der Waals surface area (Å²) in [5.41, 5.74) is 1.73. The number of rotatable bonds is 6. The largest absolute Gasteiger partial charge is 0.319 e. The maximum absolute atomic E-state index is 12.2. The first-order chi connectivity index (χ1) is 13.3. The van der Waals surface area contributed by atoms with Crippen LogP contribution in [0.15, 0.2) is 42.5 Å². The topological polar surface area (TPSA) is 116 Å². The molecule has 1 aromatic heterocycles. The number of aromatic nitrogens is 4. The van der Waals surface area contributed by atoms with Crippen molar-refractivity contribution in [3.63, 3.8) is 0 Å². The van der Waals surface area contributed by atoms with E-state index < -0.39 is 10.8 Å². The highest BCUT2D eigenvalue weighted by Gasteiger charge is 2.17. The second-order valence-corrected chi connectivity index (χ2v) is 6.82. The van der Waals surface area contributed by atoms with Gasteiger partial charge >= 0.3 is 0 Å². The second kappa shape index (κ2) is 8.13. The van der Waals surface area contributed by atoms with Crippen molar-refractivity contribution in [3.05, 3.63) is 63.2 Å². The van der Waals surface area contributed by atoms with Crippen LogP contribution in [0.25, 0.3) is 11.4 Å². The quantitative estimate of drug-likeness (QED) is 0.498. The fourth-order valence-corrected chi connectivity index (χ4v) is 2.69. The first kappa shape index (κ1) is 19.4. The molecule has 0 atom stereocenters. The van der Waals surface area contributed by atoms with Crippen molar-refractivity contribution in [2.45, 2.75) is 26.3 Å². The van der Waals surface area contributed by atoms with Gasteiger partial charge in [0.2, 0.25) is 11.7 Å². The van der Waals surface area contributed by atoms with Crippen molar-refractivity contribution < 1.29 is 9.72 Å². The van der Waals surface area contributed by atoms with Gasteiger partial charge in [-0.15, -0.1) is 10.2 Å². The molecule has 0 aliphatic heterocycles. The van der Waals surface area contributed by atoms with Gasteiger partial charge in [-0.05, 0) is 28.8 Å². The van der Waals surface area contributed by atoms with E-state index in [9.17, 15) is 14.9 Å². The number of nitro benzene ring substituents is 1. The monoisotopic (exact) mass is 400 g/mol. The number of benzene rings is 2. The zero-order valence-electron chi connectivity index (χ0n) is 15.2. The highest BCUT2D eigenvalue weighted by molar-refractivity contribution is 6.31. The molecular formula is C18H17ClN6O3. The van der Waals surface area contributed by atoms with Gasteiger partial charge in [0.25, 0.3) is 5.69 Å². The van der Waals surface area contributed by atoms with Gasteiger partial charge in [0, 0.05) is 16.7 Å². The lowest BCUT2D eigenvalue weighted by Crippen LogP contribution is -2.21. The third-order valence-electron chi connectivity index (χ3n) is 4.00. The number of tetrazole rings is 1. The van der Waals surface area contributed by atoms with Crippen LogP contribution in [0.3, 0.4) is 0 Å². The summed E-state index contributed by atoms with van der Waals surface area (Å²) in [6, 6.07) is 11.8. The van der Waals surface area contributed by atoms with Gasteiger partial charge < -0.3 is 5.32 Å². The maximum atomic E-state index is 12.2. The molecule has 9 nitrogen and oxygen atoms in total. The molecule has 10 heteroatoms. The fraction of sp³-hybridized carbons (Fsp3) is 0.222. The molecule has 1 heterocycles. The summed E-state index contributed by atoms with van der Waals surface area (Å²) >= 11 is 5.77. The number of nitro groups is 1. The van der Waals surface area contributed by atoms with Crippen molar-refractivity contribution in [3.8, 4) is 11.4 Å². The van der Waals surface area contributed by atoms with Crippen LogP contribution in [0.2, 0.25) is 5.02 Å². The number of nitrogens with zero attached hydrogens (tertiary/aromatic N) is 5. The average molecular weight is 401 g/mol. The van der Waals surface area contributed by atoms with Crippen LogP contribution >= 0.6 is 11.6 Å². The Morgan fingerprint density at radius 1 is 1.25 bits per heavy atom. The van der Waals surface area contributed by atoms with E-state index in [4.69, 9.17) is 11.6 Å². The van der Waals surface area contributed by atoms with Crippen LogP contribution in [-0.2, 0) is 11.3 Å². The van der Waals surface area contributed by atoms with Gasteiger partial charge in [0.05, 0.1) is 4.92 Å². The molecule has 0 fully saturated rings. The molecule has 28 heavy (non-hydrogen) atoms. The van der Waals surface area contributed by atoms with Crippen LogP contribution in [0.4, 0.5) is 11.4 Å². The Morgan fingerprint density at radius 3 is 2.61 bits per heavy atom. The Bertz CT molecular complexity index is 1020. The van der Waals surface area contributed by atoms with Gasteiger partial charge in [0.1, 0.15) is 12.2 Å². The molecule has 0 saturated carbocycles. The molecule has 0 aliphatic rings. The summed E-state index contributed by atoms with van der Waals surface area (Å²) in [5.74, 6) is 0.281. The minimum atomic E-state index is -0.617. The van der Waals surface area contributed by atoms with E-state index in [1.165, 1.54) is 23.8 Å². The molecule has 144 valence electrons. The standard InChI is InChI=1S/C18H17ClN6O3/c1-11(2)12-3-5-13(6-4-12)18-21-23-24(22-18)10-17(26)20-15-8-7-14(19)9-16(15)25(27)28/h3-9,11H,10H2,1-2H3,(H,20,26). The Labute approximate surface area is 165 Å². The van der Waals surface area contributed by atoms with Crippen LogP contribution in [0, 0.1) is 10.1 Å². The van der Waals surface area contributed by atoms with Gasteiger partial charge in [-0.2, -0.15) is 4.80 Å². The Balaban J connectivity index is 1.70. The number of amides is 1. The number of carbonyl (C=O) groups is 1. The van der Waals surface area contributed by atoms with Gasteiger partial charge in [-0.3, -0.25) is 14.9 Å². The summed E-state index contributed by atoms with van der Waals surface area (Å²) in [6.07, 6.45) is 0. The molecule has 0 aliphatic carbocycles. The van der Waals surface area contributed by atoms with Crippen LogP contribution in [-0.4, -0.2) is 31.0 Å². The molecule has 3 rings (SSSR count). The normalized spacial score (nSPS) is 10.9. The minimum Gasteiger partial charge on any atom is -0.319 e. The van der Waals surface area contributed by atoms with E-state index in [1.807, 2.05) is 24.3 Å². The molecule has 1 N–H and O–H groups in total. The number of hydrogen-bond acceptors (Lipinski definition) is 6. The summed E-state index contributed by atoms with van der Waals surface area (Å²) in [7, 11) is 0. The minimum absolute atomic E-state index is 0.0454.